The van der Waals surface area contributed by atoms with Crippen molar-refractivity contribution in [1.29, 1.82) is 0 Å². The number of likely N-dealkylation sites (tertiary alicyclic amines) is 1. The van der Waals surface area contributed by atoms with Gasteiger partial charge < -0.3 is 24.4 Å². The Kier molecular flexibility index (Phi) is 7.55. The van der Waals surface area contributed by atoms with Crippen LogP contribution in [0, 0.1) is 0 Å². The molecule has 3 rings (SSSR count). The van der Waals surface area contributed by atoms with Gasteiger partial charge in [-0.1, -0.05) is 34.1 Å². The Morgan fingerprint density at radius 2 is 1.79 bits per heavy atom. The number of Topliss-reactive ketones (excluding diaryl/α,β-unsaturated/α-hetero) is 1. The number of likely N-dealkylation sites (N-methyl/N-ethyl adjacent to an activating group) is 1. The van der Waals surface area contributed by atoms with E-state index in [9.17, 15) is 19.5 Å². The fourth-order valence-corrected chi connectivity index (χ4v) is 3.89. The topological polar surface area (TPSA) is 96.4 Å². The van der Waals surface area contributed by atoms with Crippen LogP contribution in [0.3, 0.4) is 0 Å². The van der Waals surface area contributed by atoms with Gasteiger partial charge >= 0.3 is 5.97 Å². The molecule has 9 heteroatoms. The van der Waals surface area contributed by atoms with Crippen molar-refractivity contribution in [2.45, 2.75) is 13.0 Å². The zero-order valence-electron chi connectivity index (χ0n) is 18.8. The lowest BCUT2D eigenvalue weighted by Gasteiger charge is -2.27. The summed E-state index contributed by atoms with van der Waals surface area (Å²) in [5, 5.41) is 11.1. The van der Waals surface area contributed by atoms with Crippen molar-refractivity contribution in [2.75, 3.05) is 34.3 Å². The molecule has 1 aliphatic rings. The fourth-order valence-electron chi connectivity index (χ4n) is 3.63. The fraction of sp³-hybridized carbons (Fsp3) is 0.292. The van der Waals surface area contributed by atoms with Gasteiger partial charge in [-0.15, -0.1) is 0 Å². The predicted molar refractivity (Wildman–Crippen MR) is 126 cm³/mol. The second kappa shape index (κ2) is 10.2. The average Bonchev–Trinajstić information content (AvgIpc) is 3.02. The number of aliphatic hydroxyl groups excluding tert-OH is 1. The van der Waals surface area contributed by atoms with Crippen LogP contribution in [-0.2, 0) is 14.4 Å². The molecule has 33 heavy (non-hydrogen) atoms. The highest BCUT2D eigenvalue weighted by Gasteiger charge is 2.46. The minimum absolute atomic E-state index is 0.0278. The molecule has 1 aliphatic heterocycles. The van der Waals surface area contributed by atoms with Gasteiger partial charge in [-0.2, -0.15) is 0 Å². The molecule has 1 amide bonds. The lowest BCUT2D eigenvalue weighted by atomic mass is 9.95. The maximum atomic E-state index is 13.1. The summed E-state index contributed by atoms with van der Waals surface area (Å²) in [5.74, 6) is -1.81. The van der Waals surface area contributed by atoms with Crippen molar-refractivity contribution < 1.29 is 29.0 Å². The molecule has 0 radical (unpaired) electrons. The van der Waals surface area contributed by atoms with Gasteiger partial charge in [-0.05, 0) is 43.9 Å². The van der Waals surface area contributed by atoms with E-state index in [2.05, 4.69) is 15.9 Å². The van der Waals surface area contributed by atoms with Crippen LogP contribution in [-0.4, -0.2) is 66.9 Å². The van der Waals surface area contributed by atoms with E-state index in [0.29, 0.717) is 23.4 Å². The van der Waals surface area contributed by atoms with Gasteiger partial charge in [0.1, 0.15) is 5.76 Å². The Bertz CT molecular complexity index is 1110. The zero-order valence-corrected chi connectivity index (χ0v) is 20.4. The lowest BCUT2D eigenvalue weighted by molar-refractivity contribution is -0.140. The van der Waals surface area contributed by atoms with Gasteiger partial charge in [0.25, 0.3) is 11.7 Å². The van der Waals surface area contributed by atoms with Gasteiger partial charge in [0.05, 0.1) is 18.7 Å². The smallest absolute Gasteiger partial charge is 0.308 e. The van der Waals surface area contributed by atoms with Crippen LogP contribution in [0.25, 0.3) is 5.76 Å². The summed E-state index contributed by atoms with van der Waals surface area (Å²) in [7, 11) is 5.16. The Hall–Kier alpha value is -3.17. The average molecular weight is 517 g/mol. The third-order valence-electron chi connectivity index (χ3n) is 5.20. The molecule has 2 aromatic carbocycles. The first-order valence-corrected chi connectivity index (χ1v) is 11.0. The molecule has 1 N–H and O–H groups in total. The molecule has 1 unspecified atom stereocenters. The summed E-state index contributed by atoms with van der Waals surface area (Å²) < 4.78 is 11.4. The second-order valence-corrected chi connectivity index (χ2v) is 8.72. The van der Waals surface area contributed by atoms with Gasteiger partial charge in [0.15, 0.2) is 11.5 Å². The van der Waals surface area contributed by atoms with E-state index in [1.54, 1.807) is 42.5 Å². The van der Waals surface area contributed by atoms with Gasteiger partial charge in [0, 0.05) is 30.0 Å². The standard InChI is InChI=1S/C24H25BrN2O6/c1-14(28)33-19-13-16(7-10-18(19)32-4)21-20(22(29)15-5-8-17(25)9-6-15)23(30)24(31)27(21)12-11-26(2)3/h5-10,13,21,29H,11-12H2,1-4H3/b22-20-. The van der Waals surface area contributed by atoms with Crippen molar-refractivity contribution in [3.63, 3.8) is 0 Å². The van der Waals surface area contributed by atoms with Crippen molar-refractivity contribution in [2.24, 2.45) is 0 Å². The number of carbonyl (C=O) groups is 3. The molecule has 0 bridgehead atoms. The number of aliphatic hydroxyl groups is 1. The highest BCUT2D eigenvalue weighted by molar-refractivity contribution is 9.10. The van der Waals surface area contributed by atoms with Crippen LogP contribution >= 0.6 is 15.9 Å². The number of methoxy groups -OCH3 is 1. The van der Waals surface area contributed by atoms with Crippen LogP contribution < -0.4 is 9.47 Å². The normalized spacial score (nSPS) is 17.5. The predicted octanol–water partition coefficient (Wildman–Crippen LogP) is 3.37. The number of ketones is 1. The molecule has 0 aromatic heterocycles. The summed E-state index contributed by atoms with van der Waals surface area (Å²) in [6.07, 6.45) is 0. The molecule has 174 valence electrons. The number of carbonyl (C=O) groups excluding carboxylic acids is 3. The highest BCUT2D eigenvalue weighted by Crippen LogP contribution is 2.42. The van der Waals surface area contributed by atoms with E-state index in [4.69, 9.17) is 9.47 Å². The highest BCUT2D eigenvalue weighted by atomic mass is 79.9. The first-order valence-electron chi connectivity index (χ1n) is 10.2. The summed E-state index contributed by atoms with van der Waals surface area (Å²) in [6.45, 7) is 2.03. The number of benzene rings is 2. The first-order chi connectivity index (χ1) is 15.6. The van der Waals surface area contributed by atoms with Gasteiger partial charge in [-0.3, -0.25) is 14.4 Å². The van der Waals surface area contributed by atoms with E-state index in [1.807, 2.05) is 19.0 Å². The molecular formula is C24H25BrN2O6. The number of hydrogen-bond acceptors (Lipinski definition) is 7. The molecule has 1 heterocycles. The molecule has 2 aromatic rings. The Labute approximate surface area is 200 Å². The summed E-state index contributed by atoms with van der Waals surface area (Å²) in [6, 6.07) is 10.7. The van der Waals surface area contributed by atoms with Crippen LogP contribution in [0.1, 0.15) is 24.1 Å². The number of rotatable bonds is 7. The molecule has 1 fully saturated rings. The molecule has 8 nitrogen and oxygen atoms in total. The van der Waals surface area contributed by atoms with Crippen LogP contribution in [0.5, 0.6) is 11.5 Å². The summed E-state index contributed by atoms with van der Waals surface area (Å²) in [4.78, 5) is 41.0. The number of halogens is 1. The Morgan fingerprint density at radius 1 is 1.12 bits per heavy atom. The quantitative estimate of drug-likeness (QED) is 0.198. The maximum absolute atomic E-state index is 13.1. The Balaban J connectivity index is 2.19. The van der Waals surface area contributed by atoms with Crippen molar-refractivity contribution >= 4 is 39.3 Å². The third-order valence-corrected chi connectivity index (χ3v) is 5.73. The minimum Gasteiger partial charge on any atom is -0.507 e. The molecular weight excluding hydrogens is 492 g/mol. The van der Waals surface area contributed by atoms with Crippen LogP contribution in [0.15, 0.2) is 52.5 Å². The molecule has 0 spiro atoms. The van der Waals surface area contributed by atoms with E-state index in [1.165, 1.54) is 18.9 Å². The number of amides is 1. The van der Waals surface area contributed by atoms with Crippen molar-refractivity contribution in [3.05, 3.63) is 63.6 Å². The number of hydrogen-bond donors (Lipinski definition) is 1. The zero-order chi connectivity index (χ0) is 24.3. The summed E-state index contributed by atoms with van der Waals surface area (Å²) in [5.41, 5.74) is 0.881. The van der Waals surface area contributed by atoms with E-state index in [-0.39, 0.29) is 23.6 Å². The lowest BCUT2D eigenvalue weighted by Crippen LogP contribution is -2.35. The largest absolute Gasteiger partial charge is 0.507 e. The van der Waals surface area contributed by atoms with Gasteiger partial charge in [-0.25, -0.2) is 0 Å². The third kappa shape index (κ3) is 5.26. The molecule has 1 saturated heterocycles. The number of nitrogens with zero attached hydrogens (tertiary/aromatic N) is 2. The van der Waals surface area contributed by atoms with E-state index >= 15 is 0 Å². The molecule has 0 aliphatic carbocycles. The molecule has 0 saturated carbocycles. The SMILES string of the molecule is COc1ccc(C2/C(=C(/O)c3ccc(Br)cc3)C(=O)C(=O)N2CCN(C)C)cc1OC(C)=O. The molecule has 1 atom stereocenters. The Morgan fingerprint density at radius 3 is 2.36 bits per heavy atom. The maximum Gasteiger partial charge on any atom is 0.308 e. The number of ether oxygens (including phenoxy) is 2. The second-order valence-electron chi connectivity index (χ2n) is 7.81. The van der Waals surface area contributed by atoms with Crippen molar-refractivity contribution in [1.82, 2.24) is 9.80 Å². The van der Waals surface area contributed by atoms with Crippen molar-refractivity contribution in [3.8, 4) is 11.5 Å². The van der Waals surface area contributed by atoms with E-state index in [0.717, 1.165) is 4.47 Å². The van der Waals surface area contributed by atoms with Crippen LogP contribution in [0.2, 0.25) is 0 Å². The minimum atomic E-state index is -0.867. The van der Waals surface area contributed by atoms with Crippen LogP contribution in [0.4, 0.5) is 0 Å². The van der Waals surface area contributed by atoms with E-state index < -0.39 is 23.7 Å². The monoisotopic (exact) mass is 516 g/mol. The first kappa shape index (κ1) is 24.5. The number of esters is 1. The van der Waals surface area contributed by atoms with Gasteiger partial charge in [0.2, 0.25) is 0 Å². The summed E-state index contributed by atoms with van der Waals surface area (Å²) >= 11 is 3.35.